The van der Waals surface area contributed by atoms with Gasteiger partial charge in [0.1, 0.15) is 6.33 Å². The first kappa shape index (κ1) is 14.4. The van der Waals surface area contributed by atoms with Crippen LogP contribution in [-0.4, -0.2) is 54.8 Å². The van der Waals surface area contributed by atoms with E-state index in [2.05, 4.69) is 15.5 Å². The molecule has 0 bridgehead atoms. The summed E-state index contributed by atoms with van der Waals surface area (Å²) >= 11 is 0. The lowest BCUT2D eigenvalue weighted by molar-refractivity contribution is -0.143. The fraction of sp³-hybridized carbons (Fsp3) is 0.857. The van der Waals surface area contributed by atoms with Gasteiger partial charge >= 0.3 is 0 Å². The van der Waals surface area contributed by atoms with Gasteiger partial charge in [-0.15, -0.1) is 5.10 Å². The molecule has 0 spiro atoms. The van der Waals surface area contributed by atoms with Crippen molar-refractivity contribution in [2.45, 2.75) is 57.1 Å². The number of amides is 1. The second kappa shape index (κ2) is 6.09. The lowest BCUT2D eigenvalue weighted by Gasteiger charge is -2.47. The number of likely N-dealkylation sites (tertiary alicyclic amines) is 1. The summed E-state index contributed by atoms with van der Waals surface area (Å²) in [6.07, 6.45) is 7.80. The number of carbonyl (C=O) groups excluding carboxylic acids is 1. The molecule has 2 aliphatic rings. The van der Waals surface area contributed by atoms with Gasteiger partial charge in [0, 0.05) is 32.0 Å². The Labute approximate surface area is 124 Å². The highest BCUT2D eigenvalue weighted by Crippen LogP contribution is 2.39. The standard InChI is InChI=1S/C14H23N5O2/c20-13(5-3-8-19-11-15-16-17-19)18-9-7-14(21)6-2-1-4-12(14)10-18/h11-12,21H,1-10H2/t12-,14-/m1/s1. The smallest absolute Gasteiger partial charge is 0.222 e. The molecular formula is C14H23N5O2. The van der Waals surface area contributed by atoms with Crippen molar-refractivity contribution < 1.29 is 9.90 Å². The van der Waals surface area contributed by atoms with Crippen LogP contribution < -0.4 is 0 Å². The average molecular weight is 293 g/mol. The minimum absolute atomic E-state index is 0.190. The Morgan fingerprint density at radius 1 is 1.38 bits per heavy atom. The van der Waals surface area contributed by atoms with Gasteiger partial charge < -0.3 is 10.0 Å². The molecule has 7 heteroatoms. The van der Waals surface area contributed by atoms with E-state index in [1.807, 2.05) is 4.90 Å². The second-order valence-electron chi connectivity index (χ2n) is 6.31. The number of nitrogens with zero attached hydrogens (tertiary/aromatic N) is 5. The number of aliphatic hydroxyl groups is 1. The Balaban J connectivity index is 1.47. The van der Waals surface area contributed by atoms with Gasteiger partial charge in [0.2, 0.25) is 5.91 Å². The lowest BCUT2D eigenvalue weighted by atomic mass is 9.71. The highest BCUT2D eigenvalue weighted by atomic mass is 16.3. The molecule has 1 aromatic heterocycles. The molecule has 2 atom stereocenters. The van der Waals surface area contributed by atoms with Crippen molar-refractivity contribution in [3.63, 3.8) is 0 Å². The number of piperidine rings is 1. The third kappa shape index (κ3) is 3.23. The predicted octanol–water partition coefficient (Wildman–Crippen LogP) is 0.607. The maximum absolute atomic E-state index is 12.3. The van der Waals surface area contributed by atoms with Crippen molar-refractivity contribution in [1.29, 1.82) is 0 Å². The summed E-state index contributed by atoms with van der Waals surface area (Å²) in [5.41, 5.74) is -0.512. The fourth-order valence-corrected chi connectivity index (χ4v) is 3.63. The van der Waals surface area contributed by atoms with Crippen molar-refractivity contribution in [2.75, 3.05) is 13.1 Å². The van der Waals surface area contributed by atoms with E-state index >= 15 is 0 Å². The van der Waals surface area contributed by atoms with Crippen molar-refractivity contribution in [3.8, 4) is 0 Å². The molecule has 0 aromatic carbocycles. The van der Waals surface area contributed by atoms with Crippen LogP contribution in [0, 0.1) is 5.92 Å². The van der Waals surface area contributed by atoms with Gasteiger partial charge in [-0.1, -0.05) is 12.8 Å². The topological polar surface area (TPSA) is 84.1 Å². The number of tetrazole rings is 1. The Bertz CT molecular complexity index is 478. The van der Waals surface area contributed by atoms with Crippen molar-refractivity contribution in [1.82, 2.24) is 25.1 Å². The van der Waals surface area contributed by atoms with Gasteiger partial charge in [-0.2, -0.15) is 0 Å². The van der Waals surface area contributed by atoms with E-state index in [-0.39, 0.29) is 11.8 Å². The molecule has 1 aromatic rings. The maximum Gasteiger partial charge on any atom is 0.222 e. The molecule has 3 rings (SSSR count). The number of carbonyl (C=O) groups is 1. The summed E-state index contributed by atoms with van der Waals surface area (Å²) < 4.78 is 1.64. The summed E-state index contributed by atoms with van der Waals surface area (Å²) in [5.74, 6) is 0.458. The Morgan fingerprint density at radius 3 is 3.10 bits per heavy atom. The van der Waals surface area contributed by atoms with Crippen LogP contribution in [0.25, 0.3) is 0 Å². The van der Waals surface area contributed by atoms with Crippen molar-refractivity contribution in [2.24, 2.45) is 5.92 Å². The molecule has 1 saturated heterocycles. The molecule has 0 unspecified atom stereocenters. The van der Waals surface area contributed by atoms with Gasteiger partial charge in [0.25, 0.3) is 0 Å². The quantitative estimate of drug-likeness (QED) is 0.879. The fourth-order valence-electron chi connectivity index (χ4n) is 3.63. The summed E-state index contributed by atoms with van der Waals surface area (Å²) in [6.45, 7) is 2.08. The zero-order valence-corrected chi connectivity index (χ0v) is 12.3. The molecule has 116 valence electrons. The summed E-state index contributed by atoms with van der Waals surface area (Å²) in [4.78, 5) is 14.2. The number of aromatic nitrogens is 4. The van der Waals surface area contributed by atoms with Crippen LogP contribution >= 0.6 is 0 Å². The highest BCUT2D eigenvalue weighted by molar-refractivity contribution is 5.76. The van der Waals surface area contributed by atoms with Crippen LogP contribution in [0.3, 0.4) is 0 Å². The largest absolute Gasteiger partial charge is 0.389 e. The predicted molar refractivity (Wildman–Crippen MR) is 75.2 cm³/mol. The van der Waals surface area contributed by atoms with Crippen LogP contribution in [0.4, 0.5) is 0 Å². The molecular weight excluding hydrogens is 270 g/mol. The SMILES string of the molecule is O=C(CCCn1cnnn1)N1CC[C@]2(O)CCCC[C@@H]2C1. The van der Waals surface area contributed by atoms with Gasteiger partial charge in [-0.3, -0.25) is 4.79 Å². The molecule has 2 heterocycles. The number of hydrogen-bond donors (Lipinski definition) is 1. The maximum atomic E-state index is 12.3. The molecule has 2 fully saturated rings. The molecule has 1 aliphatic heterocycles. The van der Waals surface area contributed by atoms with Gasteiger partial charge in [0.05, 0.1) is 5.60 Å². The molecule has 1 N–H and O–H groups in total. The van der Waals surface area contributed by atoms with Gasteiger partial charge in [0.15, 0.2) is 0 Å². The number of rotatable bonds is 4. The van der Waals surface area contributed by atoms with E-state index in [1.165, 1.54) is 6.42 Å². The van der Waals surface area contributed by atoms with E-state index in [0.717, 1.165) is 38.6 Å². The first-order valence-corrected chi connectivity index (χ1v) is 7.88. The average Bonchev–Trinajstić information content (AvgIpc) is 2.99. The summed E-state index contributed by atoms with van der Waals surface area (Å²) in [6, 6.07) is 0. The molecule has 21 heavy (non-hydrogen) atoms. The van der Waals surface area contributed by atoms with E-state index in [0.29, 0.717) is 19.5 Å². The van der Waals surface area contributed by atoms with Crippen LogP contribution in [-0.2, 0) is 11.3 Å². The van der Waals surface area contributed by atoms with E-state index in [4.69, 9.17) is 0 Å². The van der Waals surface area contributed by atoms with Crippen LogP contribution in [0.2, 0.25) is 0 Å². The van der Waals surface area contributed by atoms with Crippen LogP contribution in [0.5, 0.6) is 0 Å². The van der Waals surface area contributed by atoms with Crippen molar-refractivity contribution >= 4 is 5.91 Å². The van der Waals surface area contributed by atoms with Crippen molar-refractivity contribution in [3.05, 3.63) is 6.33 Å². The first-order valence-electron chi connectivity index (χ1n) is 7.88. The number of aryl methyl sites for hydroxylation is 1. The molecule has 0 radical (unpaired) electrons. The van der Waals surface area contributed by atoms with Crippen LogP contribution in [0.1, 0.15) is 44.9 Å². The Kier molecular flexibility index (Phi) is 4.19. The molecule has 1 amide bonds. The summed E-state index contributed by atoms with van der Waals surface area (Å²) in [5, 5.41) is 21.6. The number of hydrogen-bond acceptors (Lipinski definition) is 5. The van der Waals surface area contributed by atoms with E-state index in [1.54, 1.807) is 11.0 Å². The normalized spacial score (nSPS) is 29.2. The minimum Gasteiger partial charge on any atom is -0.389 e. The number of fused-ring (bicyclic) bond motifs is 1. The Morgan fingerprint density at radius 2 is 2.29 bits per heavy atom. The third-order valence-corrected chi connectivity index (χ3v) is 4.95. The molecule has 1 saturated carbocycles. The van der Waals surface area contributed by atoms with E-state index in [9.17, 15) is 9.90 Å². The third-order valence-electron chi connectivity index (χ3n) is 4.95. The minimum atomic E-state index is -0.512. The Hall–Kier alpha value is -1.50. The lowest BCUT2D eigenvalue weighted by Crippen LogP contribution is -2.54. The van der Waals surface area contributed by atoms with E-state index < -0.39 is 5.60 Å². The zero-order chi connectivity index (χ0) is 14.7. The van der Waals surface area contributed by atoms with Gasteiger partial charge in [-0.25, -0.2) is 4.68 Å². The molecule has 1 aliphatic carbocycles. The van der Waals surface area contributed by atoms with Gasteiger partial charge in [-0.05, 0) is 36.1 Å². The second-order valence-corrected chi connectivity index (χ2v) is 6.31. The first-order chi connectivity index (χ1) is 10.2. The highest BCUT2D eigenvalue weighted by Gasteiger charge is 2.43. The monoisotopic (exact) mass is 293 g/mol. The van der Waals surface area contributed by atoms with Crippen LogP contribution in [0.15, 0.2) is 6.33 Å². The zero-order valence-electron chi connectivity index (χ0n) is 12.3. The molecule has 7 nitrogen and oxygen atoms in total. The summed E-state index contributed by atoms with van der Waals surface area (Å²) in [7, 11) is 0.